The highest BCUT2D eigenvalue weighted by Crippen LogP contribution is 2.48. The van der Waals surface area contributed by atoms with Crippen LogP contribution in [0, 0.1) is 23.7 Å². The number of hydrogen-bond donors (Lipinski definition) is 0. The van der Waals surface area contributed by atoms with E-state index in [9.17, 15) is 31.1 Å². The zero-order valence-corrected chi connectivity index (χ0v) is 22.4. The van der Waals surface area contributed by atoms with Gasteiger partial charge in [-0.15, -0.1) is 0 Å². The van der Waals surface area contributed by atoms with Crippen LogP contribution in [-0.4, -0.2) is 85.3 Å². The molecule has 37 heavy (non-hydrogen) atoms. The summed E-state index contributed by atoms with van der Waals surface area (Å²) in [7, 11) is 1.67. The van der Waals surface area contributed by atoms with Gasteiger partial charge in [0.1, 0.15) is 0 Å². The zero-order valence-electron chi connectivity index (χ0n) is 22.4. The van der Waals surface area contributed by atoms with Crippen LogP contribution in [0.3, 0.4) is 0 Å². The Kier molecular flexibility index (Phi) is 11.0. The first-order valence-corrected chi connectivity index (χ1v) is 14.2. The Hall–Kier alpha value is -1.03. The summed E-state index contributed by atoms with van der Waals surface area (Å²) in [6, 6.07) is -0.254. The third-order valence-electron chi connectivity index (χ3n) is 8.96. The molecule has 3 rings (SSSR count). The van der Waals surface area contributed by atoms with Crippen molar-refractivity contribution in [2.75, 3.05) is 46.3 Å². The molecule has 0 aromatic carbocycles. The molecule has 3 unspecified atom stereocenters. The van der Waals surface area contributed by atoms with E-state index < -0.39 is 36.5 Å². The average Bonchev–Trinajstić information content (AvgIpc) is 2.86. The summed E-state index contributed by atoms with van der Waals surface area (Å²) in [5.41, 5.74) is 0. The second kappa shape index (κ2) is 13.4. The van der Waals surface area contributed by atoms with E-state index in [0.29, 0.717) is 0 Å². The van der Waals surface area contributed by atoms with Crippen molar-refractivity contribution < 1.29 is 31.1 Å². The van der Waals surface area contributed by atoms with E-state index in [1.807, 2.05) is 0 Å². The van der Waals surface area contributed by atoms with Crippen LogP contribution in [0.2, 0.25) is 0 Å². The van der Waals surface area contributed by atoms with E-state index in [1.165, 1.54) is 6.42 Å². The zero-order chi connectivity index (χ0) is 27.2. The largest absolute Gasteiger partial charge is 0.391 e. The van der Waals surface area contributed by atoms with E-state index in [4.69, 9.17) is 0 Å². The summed E-state index contributed by atoms with van der Waals surface area (Å²) in [6.07, 6.45) is -2.92. The van der Waals surface area contributed by atoms with Crippen LogP contribution in [0.1, 0.15) is 77.6 Å². The van der Waals surface area contributed by atoms with Gasteiger partial charge in [-0.1, -0.05) is 32.6 Å². The number of rotatable bonds is 9. The summed E-state index contributed by atoms with van der Waals surface area (Å²) in [5.74, 6) is -4.33. The molecule has 2 aliphatic carbocycles. The average molecular weight is 542 g/mol. The molecule has 3 fully saturated rings. The van der Waals surface area contributed by atoms with E-state index in [1.54, 1.807) is 11.9 Å². The van der Waals surface area contributed by atoms with E-state index in [2.05, 4.69) is 16.7 Å². The van der Waals surface area contributed by atoms with Crippen molar-refractivity contribution in [3.05, 3.63) is 0 Å². The molecule has 3 atom stereocenters. The van der Waals surface area contributed by atoms with Gasteiger partial charge in [-0.3, -0.25) is 9.69 Å². The molecule has 0 aromatic heterocycles. The van der Waals surface area contributed by atoms with E-state index in [-0.39, 0.29) is 43.7 Å². The molecule has 1 amide bonds. The fourth-order valence-electron chi connectivity index (χ4n) is 6.67. The maximum atomic E-state index is 13.7. The highest BCUT2D eigenvalue weighted by atomic mass is 19.4. The molecule has 4 nitrogen and oxygen atoms in total. The van der Waals surface area contributed by atoms with Crippen molar-refractivity contribution in [2.45, 2.75) is 95.9 Å². The Balaban J connectivity index is 1.63. The van der Waals surface area contributed by atoms with Crippen molar-refractivity contribution >= 4 is 5.91 Å². The van der Waals surface area contributed by atoms with Crippen LogP contribution in [0.4, 0.5) is 26.3 Å². The molecular formula is C27H45F6N3O. The van der Waals surface area contributed by atoms with Gasteiger partial charge >= 0.3 is 12.4 Å². The van der Waals surface area contributed by atoms with Gasteiger partial charge in [-0.05, 0) is 63.3 Å². The van der Waals surface area contributed by atoms with Crippen LogP contribution in [0.25, 0.3) is 0 Å². The molecule has 0 aromatic rings. The lowest BCUT2D eigenvalue weighted by molar-refractivity contribution is -0.229. The lowest BCUT2D eigenvalue weighted by Crippen LogP contribution is -2.58. The number of unbranched alkanes of at least 4 members (excludes halogenated alkanes) is 1. The number of likely N-dealkylation sites (N-methyl/N-ethyl adjacent to an activating group) is 1. The van der Waals surface area contributed by atoms with Gasteiger partial charge in [0.05, 0.1) is 17.9 Å². The van der Waals surface area contributed by atoms with Crippen LogP contribution in [0.15, 0.2) is 0 Å². The summed E-state index contributed by atoms with van der Waals surface area (Å²) >= 11 is 0. The Bertz CT molecular complexity index is 679. The maximum absolute atomic E-state index is 13.7. The first kappa shape index (κ1) is 30.5. The SMILES string of the molecule is CCCCN1CCN(C(C(=O)N(C)CCC2CC(C(F)(F)F)CC(C(F)(F)F)C2)C2CCCCC2)CC1. The molecule has 2 saturated carbocycles. The molecule has 1 saturated heterocycles. The number of hydrogen-bond acceptors (Lipinski definition) is 3. The predicted molar refractivity (Wildman–Crippen MR) is 132 cm³/mol. The number of piperazine rings is 1. The molecule has 0 spiro atoms. The summed E-state index contributed by atoms with van der Waals surface area (Å²) in [6.45, 7) is 6.88. The second-order valence-corrected chi connectivity index (χ2v) is 11.7. The number of halogens is 6. The first-order valence-electron chi connectivity index (χ1n) is 14.2. The molecule has 1 aliphatic heterocycles. The van der Waals surface area contributed by atoms with Gasteiger partial charge in [-0.25, -0.2) is 0 Å². The standard InChI is InChI=1S/C27H45F6N3O/c1-3-4-11-35-13-15-36(16-14-35)24(21-8-6-5-7-9-21)25(37)34(2)12-10-20-17-22(26(28,29)30)19-23(18-20)27(31,32)33/h20-24H,3-19H2,1-2H3. The smallest absolute Gasteiger partial charge is 0.344 e. The molecule has 3 aliphatic rings. The number of carbonyl (C=O) groups is 1. The lowest BCUT2D eigenvalue weighted by atomic mass is 9.73. The minimum Gasteiger partial charge on any atom is -0.344 e. The van der Waals surface area contributed by atoms with Crippen LogP contribution in [-0.2, 0) is 4.79 Å². The van der Waals surface area contributed by atoms with Gasteiger partial charge in [-0.2, -0.15) is 26.3 Å². The van der Waals surface area contributed by atoms with Crippen molar-refractivity contribution in [2.24, 2.45) is 23.7 Å². The highest BCUT2D eigenvalue weighted by molar-refractivity contribution is 5.82. The highest BCUT2D eigenvalue weighted by Gasteiger charge is 2.51. The first-order chi connectivity index (χ1) is 17.4. The number of amides is 1. The lowest BCUT2D eigenvalue weighted by Gasteiger charge is -2.44. The minimum atomic E-state index is -4.63. The minimum absolute atomic E-state index is 0.0236. The van der Waals surface area contributed by atoms with Gasteiger partial charge in [0.15, 0.2) is 0 Å². The van der Waals surface area contributed by atoms with Crippen molar-refractivity contribution in [1.29, 1.82) is 0 Å². The maximum Gasteiger partial charge on any atom is 0.391 e. The molecule has 1 heterocycles. The monoisotopic (exact) mass is 541 g/mol. The Morgan fingerprint density at radius 1 is 0.892 bits per heavy atom. The van der Waals surface area contributed by atoms with Crippen LogP contribution >= 0.6 is 0 Å². The normalized spacial score (nSPS) is 28.3. The summed E-state index contributed by atoms with van der Waals surface area (Å²) in [5, 5.41) is 0. The second-order valence-electron chi connectivity index (χ2n) is 11.7. The van der Waals surface area contributed by atoms with Gasteiger partial charge in [0, 0.05) is 39.8 Å². The Labute approximate surface area is 218 Å². The quantitative estimate of drug-likeness (QED) is 0.318. The number of nitrogens with zero attached hydrogens (tertiary/aromatic N) is 3. The number of alkyl halides is 6. The molecule has 0 bridgehead atoms. The fraction of sp³-hybridized carbons (Fsp3) is 0.963. The van der Waals surface area contributed by atoms with Crippen LogP contribution < -0.4 is 0 Å². The van der Waals surface area contributed by atoms with Crippen molar-refractivity contribution in [3.63, 3.8) is 0 Å². The van der Waals surface area contributed by atoms with E-state index >= 15 is 0 Å². The molecule has 10 heteroatoms. The van der Waals surface area contributed by atoms with E-state index in [0.717, 1.165) is 71.2 Å². The fourth-order valence-corrected chi connectivity index (χ4v) is 6.67. The summed E-state index contributed by atoms with van der Waals surface area (Å²) < 4.78 is 80.3. The topological polar surface area (TPSA) is 26.8 Å². The Morgan fingerprint density at radius 3 is 1.97 bits per heavy atom. The predicted octanol–water partition coefficient (Wildman–Crippen LogP) is 6.36. The molecular weight excluding hydrogens is 496 g/mol. The van der Waals surface area contributed by atoms with Crippen molar-refractivity contribution in [3.8, 4) is 0 Å². The van der Waals surface area contributed by atoms with Crippen molar-refractivity contribution in [1.82, 2.24) is 14.7 Å². The molecule has 0 N–H and O–H groups in total. The van der Waals surface area contributed by atoms with Gasteiger partial charge in [0.2, 0.25) is 5.91 Å². The van der Waals surface area contributed by atoms with Gasteiger partial charge in [0.25, 0.3) is 0 Å². The third-order valence-corrected chi connectivity index (χ3v) is 8.96. The molecule has 0 radical (unpaired) electrons. The van der Waals surface area contributed by atoms with Gasteiger partial charge < -0.3 is 9.80 Å². The third kappa shape index (κ3) is 8.73. The number of carbonyl (C=O) groups excluding carboxylic acids is 1. The Morgan fingerprint density at radius 2 is 1.46 bits per heavy atom. The molecule has 216 valence electrons. The van der Waals surface area contributed by atoms with Crippen LogP contribution in [0.5, 0.6) is 0 Å². The summed E-state index contributed by atoms with van der Waals surface area (Å²) in [4.78, 5) is 20.0.